The number of H-pyrrole nitrogens is 1. The molecule has 0 radical (unpaired) electrons. The van der Waals surface area contributed by atoms with Crippen LogP contribution in [0.4, 0.5) is 0 Å². The molecule has 0 unspecified atom stereocenters. The van der Waals surface area contributed by atoms with E-state index in [1.54, 1.807) is 0 Å². The molecule has 0 aliphatic carbocycles. The highest BCUT2D eigenvalue weighted by molar-refractivity contribution is 9.10. The van der Waals surface area contributed by atoms with Gasteiger partial charge in [-0.15, -0.1) is 5.10 Å². The lowest BCUT2D eigenvalue weighted by Crippen LogP contribution is -2.24. The molecule has 0 spiro atoms. The molecule has 1 aromatic carbocycles. The summed E-state index contributed by atoms with van der Waals surface area (Å²) in [4.78, 5) is 16.2. The Labute approximate surface area is 126 Å². The van der Waals surface area contributed by atoms with Gasteiger partial charge in [-0.3, -0.25) is 9.89 Å². The molecule has 1 heterocycles. The Balaban J connectivity index is 2.02. The van der Waals surface area contributed by atoms with Gasteiger partial charge in [0, 0.05) is 16.4 Å². The lowest BCUT2D eigenvalue weighted by atomic mass is 9.96. The topological polar surface area (TPSA) is 70.7 Å². The van der Waals surface area contributed by atoms with E-state index in [-0.39, 0.29) is 17.1 Å². The monoisotopic (exact) mass is 336 g/mol. The molecule has 5 nitrogen and oxygen atoms in total. The molecule has 0 aliphatic rings. The maximum Gasteiger partial charge on any atom is 0.291 e. The normalized spacial score (nSPS) is 11.4. The number of nitrogens with zero attached hydrogens (tertiary/aromatic N) is 2. The van der Waals surface area contributed by atoms with Gasteiger partial charge in [0.25, 0.3) is 5.91 Å². The smallest absolute Gasteiger partial charge is 0.291 e. The number of carbonyl (C=O) groups excluding carboxylic acids is 1. The molecule has 0 fully saturated rings. The van der Waals surface area contributed by atoms with Crippen molar-refractivity contribution in [3.8, 4) is 0 Å². The highest BCUT2D eigenvalue weighted by atomic mass is 79.9. The van der Waals surface area contributed by atoms with Crippen LogP contribution in [0.5, 0.6) is 0 Å². The van der Waals surface area contributed by atoms with E-state index >= 15 is 0 Å². The van der Waals surface area contributed by atoms with Crippen molar-refractivity contribution in [2.75, 3.05) is 0 Å². The molecule has 2 rings (SSSR count). The minimum absolute atomic E-state index is 0.159. The maximum absolute atomic E-state index is 12.0. The summed E-state index contributed by atoms with van der Waals surface area (Å²) in [6.45, 7) is 6.46. The van der Waals surface area contributed by atoms with Crippen LogP contribution >= 0.6 is 15.9 Å². The third-order valence-electron chi connectivity index (χ3n) is 2.80. The second-order valence-corrected chi connectivity index (χ2v) is 6.39. The van der Waals surface area contributed by atoms with Gasteiger partial charge in [-0.2, -0.15) is 0 Å². The predicted octanol–water partition coefficient (Wildman–Crippen LogP) is 2.79. The summed E-state index contributed by atoms with van der Waals surface area (Å²) in [5, 5.41) is 9.57. The third kappa shape index (κ3) is 3.45. The van der Waals surface area contributed by atoms with Crippen LogP contribution in [0.1, 0.15) is 42.8 Å². The number of nitrogens with one attached hydrogen (secondary N) is 2. The number of aromatic nitrogens is 3. The zero-order valence-corrected chi connectivity index (χ0v) is 13.3. The fraction of sp³-hybridized carbons (Fsp3) is 0.357. The van der Waals surface area contributed by atoms with Crippen LogP contribution in [0.3, 0.4) is 0 Å². The molecule has 0 atom stereocenters. The molecule has 2 N–H and O–H groups in total. The number of hydrogen-bond donors (Lipinski definition) is 2. The summed E-state index contributed by atoms with van der Waals surface area (Å²) in [6, 6.07) is 7.74. The molecular weight excluding hydrogens is 320 g/mol. The van der Waals surface area contributed by atoms with Crippen molar-refractivity contribution < 1.29 is 4.79 Å². The second-order valence-electron chi connectivity index (χ2n) is 5.53. The van der Waals surface area contributed by atoms with Crippen molar-refractivity contribution in [1.29, 1.82) is 0 Å². The molecule has 6 heteroatoms. The fourth-order valence-electron chi connectivity index (χ4n) is 1.60. The van der Waals surface area contributed by atoms with E-state index in [1.165, 1.54) is 0 Å². The standard InChI is InChI=1S/C14H17BrN4O/c1-14(2,3)13-17-11(18-19-13)12(20)16-8-9-6-4-5-7-10(9)15/h4-7H,8H2,1-3H3,(H,16,20)(H,17,18,19). The van der Waals surface area contributed by atoms with Crippen LogP contribution in [0.25, 0.3) is 0 Å². The Morgan fingerprint density at radius 2 is 2.05 bits per heavy atom. The minimum atomic E-state index is -0.285. The number of carbonyl (C=O) groups is 1. The number of halogens is 1. The van der Waals surface area contributed by atoms with Crippen molar-refractivity contribution in [3.63, 3.8) is 0 Å². The van der Waals surface area contributed by atoms with Gasteiger partial charge < -0.3 is 5.32 Å². The SMILES string of the molecule is CC(C)(C)c1nc(C(=O)NCc2ccccc2Br)n[nH]1. The maximum atomic E-state index is 12.0. The Morgan fingerprint density at radius 1 is 1.35 bits per heavy atom. The minimum Gasteiger partial charge on any atom is -0.345 e. The predicted molar refractivity (Wildman–Crippen MR) is 80.4 cm³/mol. The van der Waals surface area contributed by atoms with Crippen LogP contribution in [0.15, 0.2) is 28.7 Å². The molecule has 1 aromatic heterocycles. The number of aromatic amines is 1. The first-order valence-electron chi connectivity index (χ1n) is 6.32. The summed E-state index contributed by atoms with van der Waals surface area (Å²) in [5.41, 5.74) is 0.848. The second kappa shape index (κ2) is 5.75. The van der Waals surface area contributed by atoms with Gasteiger partial charge in [-0.1, -0.05) is 54.9 Å². The van der Waals surface area contributed by atoms with Crippen molar-refractivity contribution in [3.05, 3.63) is 46.0 Å². The molecule has 2 aromatic rings. The Bertz CT molecular complexity index is 616. The van der Waals surface area contributed by atoms with E-state index in [4.69, 9.17) is 0 Å². The third-order valence-corrected chi connectivity index (χ3v) is 3.57. The van der Waals surface area contributed by atoms with E-state index in [0.717, 1.165) is 10.0 Å². The summed E-state index contributed by atoms with van der Waals surface area (Å²) in [7, 11) is 0. The number of hydrogen-bond acceptors (Lipinski definition) is 3. The summed E-state index contributed by atoms with van der Waals surface area (Å²) in [6.07, 6.45) is 0. The highest BCUT2D eigenvalue weighted by Crippen LogP contribution is 2.17. The van der Waals surface area contributed by atoms with Crippen molar-refractivity contribution >= 4 is 21.8 Å². The molecule has 0 bridgehead atoms. The van der Waals surface area contributed by atoms with Gasteiger partial charge in [0.05, 0.1) is 0 Å². The lowest BCUT2D eigenvalue weighted by Gasteiger charge is -2.12. The lowest BCUT2D eigenvalue weighted by molar-refractivity contribution is 0.0940. The number of rotatable bonds is 3. The Hall–Kier alpha value is -1.69. The summed E-state index contributed by atoms with van der Waals surface area (Å²) >= 11 is 3.44. The first-order valence-corrected chi connectivity index (χ1v) is 7.11. The Morgan fingerprint density at radius 3 is 2.65 bits per heavy atom. The molecule has 20 heavy (non-hydrogen) atoms. The van der Waals surface area contributed by atoms with E-state index in [1.807, 2.05) is 45.0 Å². The van der Waals surface area contributed by atoms with Crippen molar-refractivity contribution in [2.24, 2.45) is 0 Å². The van der Waals surface area contributed by atoms with Crippen LogP contribution in [-0.2, 0) is 12.0 Å². The zero-order chi connectivity index (χ0) is 14.8. The van der Waals surface area contributed by atoms with Crippen molar-refractivity contribution in [2.45, 2.75) is 32.7 Å². The van der Waals surface area contributed by atoms with Crippen LogP contribution < -0.4 is 5.32 Å². The number of benzene rings is 1. The summed E-state index contributed by atoms with van der Waals surface area (Å²) < 4.78 is 0.964. The molecular formula is C14H17BrN4O. The summed E-state index contributed by atoms with van der Waals surface area (Å²) in [5.74, 6) is 0.582. The fourth-order valence-corrected chi connectivity index (χ4v) is 2.02. The van der Waals surface area contributed by atoms with Crippen LogP contribution in [-0.4, -0.2) is 21.1 Å². The van der Waals surface area contributed by atoms with E-state index < -0.39 is 0 Å². The largest absolute Gasteiger partial charge is 0.345 e. The first-order chi connectivity index (χ1) is 9.38. The van der Waals surface area contributed by atoms with Gasteiger partial charge in [0.1, 0.15) is 5.82 Å². The highest BCUT2D eigenvalue weighted by Gasteiger charge is 2.21. The molecule has 0 aliphatic heterocycles. The van der Waals surface area contributed by atoms with Gasteiger partial charge in [-0.05, 0) is 11.6 Å². The zero-order valence-electron chi connectivity index (χ0n) is 11.7. The van der Waals surface area contributed by atoms with E-state index in [2.05, 4.69) is 36.4 Å². The van der Waals surface area contributed by atoms with Gasteiger partial charge in [0.2, 0.25) is 5.82 Å². The quantitative estimate of drug-likeness (QED) is 0.905. The molecule has 0 saturated carbocycles. The average molecular weight is 337 g/mol. The molecule has 0 saturated heterocycles. The number of amides is 1. The van der Waals surface area contributed by atoms with E-state index in [0.29, 0.717) is 12.4 Å². The van der Waals surface area contributed by atoms with Crippen molar-refractivity contribution in [1.82, 2.24) is 20.5 Å². The molecule has 106 valence electrons. The van der Waals surface area contributed by atoms with Gasteiger partial charge in [0.15, 0.2) is 0 Å². The average Bonchev–Trinajstić information content (AvgIpc) is 2.87. The van der Waals surface area contributed by atoms with Gasteiger partial charge >= 0.3 is 0 Å². The molecule has 1 amide bonds. The first kappa shape index (κ1) is 14.7. The Kier molecular flexibility index (Phi) is 4.23. The van der Waals surface area contributed by atoms with Gasteiger partial charge in [-0.25, -0.2) is 4.98 Å². The van der Waals surface area contributed by atoms with E-state index in [9.17, 15) is 4.79 Å². The van der Waals surface area contributed by atoms with Crippen LogP contribution in [0, 0.1) is 0 Å². The van der Waals surface area contributed by atoms with Crippen LogP contribution in [0.2, 0.25) is 0 Å².